The molecule has 19 heavy (non-hydrogen) atoms. The fourth-order valence-electron chi connectivity index (χ4n) is 3.38. The maximum Gasteiger partial charge on any atom is -0.0263 e. The fraction of sp³-hybridized carbons (Fsp3) is 0.895. The van der Waals surface area contributed by atoms with Crippen LogP contribution in [0.15, 0.2) is 11.1 Å². The highest BCUT2D eigenvalue weighted by Crippen LogP contribution is 2.49. The third-order valence-corrected chi connectivity index (χ3v) is 4.72. The van der Waals surface area contributed by atoms with E-state index < -0.39 is 0 Å². The van der Waals surface area contributed by atoms with Gasteiger partial charge in [-0.3, -0.25) is 0 Å². The van der Waals surface area contributed by atoms with Crippen LogP contribution in [0, 0.1) is 11.3 Å². The minimum Gasteiger partial charge on any atom is -0.0776 e. The van der Waals surface area contributed by atoms with Gasteiger partial charge >= 0.3 is 0 Å². The van der Waals surface area contributed by atoms with Crippen LogP contribution in [-0.4, -0.2) is 0 Å². The van der Waals surface area contributed by atoms with Gasteiger partial charge in [-0.2, -0.15) is 0 Å². The largest absolute Gasteiger partial charge is 0.0776 e. The molecule has 2 unspecified atom stereocenters. The topological polar surface area (TPSA) is 0 Å². The molecule has 1 fully saturated rings. The molecule has 2 bridgehead atoms. The Morgan fingerprint density at radius 2 is 1.74 bits per heavy atom. The molecular formula is C19H38. The number of hydrogen-bond donors (Lipinski definition) is 0. The molecule has 0 N–H and O–H groups in total. The highest BCUT2D eigenvalue weighted by Gasteiger charge is 2.34. The SMILES string of the molecule is C.CCC.CCC(C)CC1=C2CCC(C)(CCC1)C2. The Bertz CT molecular complexity index is 274. The fourth-order valence-corrected chi connectivity index (χ4v) is 3.38. The van der Waals surface area contributed by atoms with Crippen molar-refractivity contribution < 1.29 is 0 Å². The van der Waals surface area contributed by atoms with Crippen LogP contribution >= 0.6 is 0 Å². The molecule has 2 aliphatic rings. The molecule has 2 atom stereocenters. The third-order valence-electron chi connectivity index (χ3n) is 4.72. The van der Waals surface area contributed by atoms with Crippen molar-refractivity contribution in [3.05, 3.63) is 11.1 Å². The van der Waals surface area contributed by atoms with E-state index in [0.29, 0.717) is 5.41 Å². The maximum absolute atomic E-state index is 2.51. The van der Waals surface area contributed by atoms with Gasteiger partial charge in [-0.1, -0.05) is 66.0 Å². The summed E-state index contributed by atoms with van der Waals surface area (Å²) in [6.07, 6.45) is 12.6. The van der Waals surface area contributed by atoms with Crippen LogP contribution in [0.25, 0.3) is 0 Å². The molecule has 1 saturated carbocycles. The molecule has 0 saturated heterocycles. The predicted molar refractivity (Wildman–Crippen MR) is 89.6 cm³/mol. The molecule has 0 radical (unpaired) electrons. The molecule has 0 heteroatoms. The van der Waals surface area contributed by atoms with E-state index in [0.717, 1.165) is 5.92 Å². The smallest absolute Gasteiger partial charge is 0.0263 e. The molecule has 0 amide bonds. The van der Waals surface area contributed by atoms with E-state index in [9.17, 15) is 0 Å². The molecule has 0 aromatic heterocycles. The van der Waals surface area contributed by atoms with Crippen LogP contribution < -0.4 is 0 Å². The van der Waals surface area contributed by atoms with Crippen molar-refractivity contribution in [3.8, 4) is 0 Å². The summed E-state index contributed by atoms with van der Waals surface area (Å²) in [4.78, 5) is 0. The molecule has 0 aliphatic heterocycles. The van der Waals surface area contributed by atoms with Gasteiger partial charge in [0.05, 0.1) is 0 Å². The van der Waals surface area contributed by atoms with Crippen LogP contribution in [0.3, 0.4) is 0 Å². The first kappa shape index (κ1) is 18.7. The van der Waals surface area contributed by atoms with Crippen LogP contribution in [0.4, 0.5) is 0 Å². The monoisotopic (exact) mass is 266 g/mol. The van der Waals surface area contributed by atoms with Crippen molar-refractivity contribution in [2.75, 3.05) is 0 Å². The molecule has 0 aromatic rings. The lowest BCUT2D eigenvalue weighted by Crippen LogP contribution is -2.09. The normalized spacial score (nSPS) is 27.0. The summed E-state index contributed by atoms with van der Waals surface area (Å²) in [7, 11) is 0. The van der Waals surface area contributed by atoms with Crippen molar-refractivity contribution in [1.82, 2.24) is 0 Å². The molecular weight excluding hydrogens is 228 g/mol. The first-order valence-electron chi connectivity index (χ1n) is 8.24. The standard InChI is InChI=1S/C15H26.C3H8.CH4/c1-4-12(2)10-13-6-5-8-15(3)9-7-14(13)11-15;1-3-2;/h12H,4-11H2,1-3H3;3H2,1-2H3;1H4. The second kappa shape index (κ2) is 8.82. The average molecular weight is 267 g/mol. The van der Waals surface area contributed by atoms with Crippen molar-refractivity contribution in [2.45, 2.75) is 99.8 Å². The van der Waals surface area contributed by atoms with Crippen molar-refractivity contribution >= 4 is 0 Å². The van der Waals surface area contributed by atoms with Gasteiger partial charge in [-0.25, -0.2) is 0 Å². The van der Waals surface area contributed by atoms with Crippen molar-refractivity contribution in [2.24, 2.45) is 11.3 Å². The zero-order valence-corrected chi connectivity index (χ0v) is 13.4. The summed E-state index contributed by atoms with van der Waals surface area (Å²) in [6, 6.07) is 0. The van der Waals surface area contributed by atoms with Crippen LogP contribution in [0.1, 0.15) is 99.8 Å². The Morgan fingerprint density at radius 1 is 1.11 bits per heavy atom. The first-order chi connectivity index (χ1) is 8.54. The van der Waals surface area contributed by atoms with Gasteiger partial charge in [0.1, 0.15) is 0 Å². The summed E-state index contributed by atoms with van der Waals surface area (Å²) in [6.45, 7) is 11.5. The van der Waals surface area contributed by atoms with Gasteiger partial charge in [0.15, 0.2) is 0 Å². The van der Waals surface area contributed by atoms with E-state index in [-0.39, 0.29) is 7.43 Å². The lowest BCUT2D eigenvalue weighted by Gasteiger charge is -2.21. The zero-order valence-electron chi connectivity index (χ0n) is 13.4. The predicted octanol–water partition coefficient (Wildman–Crippen LogP) is 7.15. The highest BCUT2D eigenvalue weighted by atomic mass is 14.4. The molecule has 0 heterocycles. The van der Waals surface area contributed by atoms with Crippen LogP contribution in [0.2, 0.25) is 0 Å². The van der Waals surface area contributed by atoms with E-state index in [1.807, 2.05) is 11.1 Å². The maximum atomic E-state index is 2.51. The van der Waals surface area contributed by atoms with Gasteiger partial charge in [0, 0.05) is 0 Å². The van der Waals surface area contributed by atoms with Crippen molar-refractivity contribution in [1.29, 1.82) is 0 Å². The van der Waals surface area contributed by atoms with Gasteiger partial charge < -0.3 is 0 Å². The Balaban J connectivity index is 0.000000742. The molecule has 2 aliphatic carbocycles. The number of rotatable bonds is 3. The summed E-state index contributed by atoms with van der Waals surface area (Å²) in [5.41, 5.74) is 4.40. The number of fused-ring (bicyclic) bond motifs is 2. The Morgan fingerprint density at radius 3 is 2.32 bits per heavy atom. The van der Waals surface area contributed by atoms with E-state index in [2.05, 4.69) is 34.6 Å². The minimum absolute atomic E-state index is 0. The molecule has 0 nitrogen and oxygen atoms in total. The van der Waals surface area contributed by atoms with Gasteiger partial charge in [0.25, 0.3) is 0 Å². The second-order valence-electron chi connectivity index (χ2n) is 6.97. The first-order valence-corrected chi connectivity index (χ1v) is 8.24. The van der Waals surface area contributed by atoms with E-state index >= 15 is 0 Å². The quantitative estimate of drug-likeness (QED) is 0.476. The van der Waals surface area contributed by atoms with Crippen molar-refractivity contribution in [3.63, 3.8) is 0 Å². The highest BCUT2D eigenvalue weighted by molar-refractivity contribution is 5.22. The average Bonchev–Trinajstić information content (AvgIpc) is 2.63. The van der Waals surface area contributed by atoms with E-state index in [1.54, 1.807) is 0 Å². The van der Waals surface area contributed by atoms with Gasteiger partial charge in [0.2, 0.25) is 0 Å². The van der Waals surface area contributed by atoms with Gasteiger partial charge in [-0.05, 0) is 56.3 Å². The third kappa shape index (κ3) is 5.71. The summed E-state index contributed by atoms with van der Waals surface area (Å²) >= 11 is 0. The zero-order chi connectivity index (χ0) is 13.6. The van der Waals surface area contributed by atoms with Crippen LogP contribution in [-0.2, 0) is 0 Å². The lowest BCUT2D eigenvalue weighted by molar-refractivity contribution is 0.309. The van der Waals surface area contributed by atoms with Crippen LogP contribution in [0.5, 0.6) is 0 Å². The lowest BCUT2D eigenvalue weighted by atomic mass is 9.84. The minimum atomic E-state index is 0. The Kier molecular flexibility index (Phi) is 8.70. The molecule has 114 valence electrons. The van der Waals surface area contributed by atoms with Gasteiger partial charge in [-0.15, -0.1) is 0 Å². The second-order valence-corrected chi connectivity index (χ2v) is 6.97. The summed E-state index contributed by atoms with van der Waals surface area (Å²) < 4.78 is 0. The molecule has 2 rings (SSSR count). The van der Waals surface area contributed by atoms with E-state index in [1.165, 1.54) is 57.8 Å². The van der Waals surface area contributed by atoms with E-state index in [4.69, 9.17) is 0 Å². The molecule has 0 aromatic carbocycles. The summed E-state index contributed by atoms with van der Waals surface area (Å²) in [5.74, 6) is 0.900. The number of allylic oxidation sites excluding steroid dienone is 2. The summed E-state index contributed by atoms with van der Waals surface area (Å²) in [5, 5.41) is 0. The number of hydrogen-bond acceptors (Lipinski definition) is 0. The Hall–Kier alpha value is -0.260. The molecule has 0 spiro atoms. The Labute approximate surface area is 123 Å².